The number of sulfone groups is 1. The number of rotatable bonds is 4. The molecular formula is C15H25N3O2S. The Morgan fingerprint density at radius 3 is 2.62 bits per heavy atom. The molecule has 2 rings (SSSR count). The Labute approximate surface area is 127 Å². The summed E-state index contributed by atoms with van der Waals surface area (Å²) in [6.45, 7) is 6.73. The van der Waals surface area contributed by atoms with Gasteiger partial charge in [-0.2, -0.15) is 0 Å². The molecule has 1 aromatic heterocycles. The summed E-state index contributed by atoms with van der Waals surface area (Å²) in [4.78, 5) is 6.53. The average molecular weight is 311 g/mol. The van der Waals surface area contributed by atoms with Gasteiger partial charge in [0.15, 0.2) is 14.9 Å². The predicted molar refractivity (Wildman–Crippen MR) is 85.3 cm³/mol. The van der Waals surface area contributed by atoms with E-state index < -0.39 is 9.84 Å². The van der Waals surface area contributed by atoms with E-state index in [1.807, 2.05) is 0 Å². The quantitative estimate of drug-likeness (QED) is 0.923. The van der Waals surface area contributed by atoms with E-state index in [0.29, 0.717) is 12.1 Å². The highest BCUT2D eigenvalue weighted by atomic mass is 32.2. The second-order valence-corrected chi connectivity index (χ2v) is 8.02. The van der Waals surface area contributed by atoms with Gasteiger partial charge in [0.05, 0.1) is 11.9 Å². The fraction of sp³-hybridized carbons (Fsp3) is 0.667. The normalized spacial score (nSPS) is 21.2. The van der Waals surface area contributed by atoms with Crippen molar-refractivity contribution < 1.29 is 8.42 Å². The molecule has 0 amide bonds. The topological polar surface area (TPSA) is 62.3 Å². The zero-order chi connectivity index (χ0) is 15.5. The molecule has 21 heavy (non-hydrogen) atoms. The fourth-order valence-corrected chi connectivity index (χ4v) is 3.26. The molecule has 0 saturated carbocycles. The van der Waals surface area contributed by atoms with Gasteiger partial charge in [-0.05, 0) is 51.8 Å². The van der Waals surface area contributed by atoms with E-state index in [2.05, 4.69) is 29.0 Å². The number of anilines is 1. The lowest BCUT2D eigenvalue weighted by Gasteiger charge is -2.24. The number of nitrogens with zero attached hydrogens (tertiary/aromatic N) is 2. The van der Waals surface area contributed by atoms with Crippen LogP contribution in [0.5, 0.6) is 0 Å². The lowest BCUT2D eigenvalue weighted by Crippen LogP contribution is -2.32. The van der Waals surface area contributed by atoms with Crippen molar-refractivity contribution in [1.29, 1.82) is 0 Å². The standard InChI is InChI=1S/C15H25N3O2S/c1-12(2)18-9-4-5-13(8-10-18)17-14-6-7-15(16-11-14)21(3,19)20/h6-7,11-13,17H,4-5,8-10H2,1-3H3. The fourth-order valence-electron chi connectivity index (χ4n) is 2.70. The number of hydrogen-bond acceptors (Lipinski definition) is 5. The maximum Gasteiger partial charge on any atom is 0.192 e. The van der Waals surface area contributed by atoms with E-state index in [-0.39, 0.29) is 5.03 Å². The summed E-state index contributed by atoms with van der Waals surface area (Å²) in [6, 6.07) is 4.39. The molecule has 1 fully saturated rings. The van der Waals surface area contributed by atoms with Crippen LogP contribution in [-0.2, 0) is 9.84 Å². The second kappa shape index (κ2) is 6.75. The predicted octanol–water partition coefficient (Wildman–Crippen LogP) is 2.16. The first kappa shape index (κ1) is 16.2. The maximum absolute atomic E-state index is 11.4. The summed E-state index contributed by atoms with van der Waals surface area (Å²) in [7, 11) is -3.22. The molecule has 5 nitrogen and oxygen atoms in total. The molecule has 1 aliphatic rings. The van der Waals surface area contributed by atoms with Crippen molar-refractivity contribution >= 4 is 15.5 Å². The minimum absolute atomic E-state index is 0.125. The summed E-state index contributed by atoms with van der Waals surface area (Å²) in [5, 5.41) is 3.60. The van der Waals surface area contributed by atoms with Gasteiger partial charge in [-0.15, -0.1) is 0 Å². The van der Waals surface area contributed by atoms with Crippen LogP contribution in [0.1, 0.15) is 33.1 Å². The van der Waals surface area contributed by atoms with Crippen LogP contribution in [0, 0.1) is 0 Å². The van der Waals surface area contributed by atoms with Crippen LogP contribution in [0.25, 0.3) is 0 Å². The molecule has 118 valence electrons. The van der Waals surface area contributed by atoms with Crippen molar-refractivity contribution in [3.63, 3.8) is 0 Å². The zero-order valence-electron chi connectivity index (χ0n) is 13.0. The molecule has 1 N–H and O–H groups in total. The van der Waals surface area contributed by atoms with Gasteiger partial charge in [0.2, 0.25) is 0 Å². The molecule has 1 saturated heterocycles. The van der Waals surface area contributed by atoms with Crippen LogP contribution in [-0.4, -0.2) is 49.7 Å². The molecule has 0 aliphatic carbocycles. The van der Waals surface area contributed by atoms with E-state index >= 15 is 0 Å². The number of hydrogen-bond donors (Lipinski definition) is 1. The smallest absolute Gasteiger partial charge is 0.192 e. The van der Waals surface area contributed by atoms with Crippen LogP contribution in [0.3, 0.4) is 0 Å². The maximum atomic E-state index is 11.4. The first-order chi connectivity index (χ1) is 9.86. The molecule has 1 aromatic rings. The Morgan fingerprint density at radius 2 is 2.05 bits per heavy atom. The molecule has 2 heterocycles. The third kappa shape index (κ3) is 4.68. The molecule has 1 unspecified atom stereocenters. The molecule has 0 spiro atoms. The zero-order valence-corrected chi connectivity index (χ0v) is 13.9. The summed E-state index contributed by atoms with van der Waals surface area (Å²) < 4.78 is 22.8. The van der Waals surface area contributed by atoms with Gasteiger partial charge in [-0.25, -0.2) is 13.4 Å². The Morgan fingerprint density at radius 1 is 1.29 bits per heavy atom. The monoisotopic (exact) mass is 311 g/mol. The molecule has 0 radical (unpaired) electrons. The Hall–Kier alpha value is -1.14. The minimum Gasteiger partial charge on any atom is -0.381 e. The van der Waals surface area contributed by atoms with Crippen molar-refractivity contribution in [2.45, 2.75) is 50.2 Å². The third-order valence-electron chi connectivity index (χ3n) is 3.98. The van der Waals surface area contributed by atoms with Crippen molar-refractivity contribution in [1.82, 2.24) is 9.88 Å². The van der Waals surface area contributed by atoms with Gasteiger partial charge in [-0.3, -0.25) is 0 Å². The lowest BCUT2D eigenvalue weighted by atomic mass is 10.1. The highest BCUT2D eigenvalue weighted by Crippen LogP contribution is 2.18. The van der Waals surface area contributed by atoms with Crippen LogP contribution in [0.4, 0.5) is 5.69 Å². The number of aromatic nitrogens is 1. The number of pyridine rings is 1. The lowest BCUT2D eigenvalue weighted by molar-refractivity contribution is 0.230. The van der Waals surface area contributed by atoms with Crippen molar-refractivity contribution in [2.24, 2.45) is 0 Å². The van der Waals surface area contributed by atoms with E-state index in [9.17, 15) is 8.42 Å². The van der Waals surface area contributed by atoms with Crippen molar-refractivity contribution in [2.75, 3.05) is 24.7 Å². The van der Waals surface area contributed by atoms with Gasteiger partial charge in [-0.1, -0.05) is 0 Å². The van der Waals surface area contributed by atoms with Crippen LogP contribution in [0.2, 0.25) is 0 Å². The summed E-state index contributed by atoms with van der Waals surface area (Å²) in [5.41, 5.74) is 0.894. The largest absolute Gasteiger partial charge is 0.381 e. The van der Waals surface area contributed by atoms with Gasteiger partial charge in [0.25, 0.3) is 0 Å². The van der Waals surface area contributed by atoms with Gasteiger partial charge >= 0.3 is 0 Å². The van der Waals surface area contributed by atoms with Gasteiger partial charge < -0.3 is 10.2 Å². The first-order valence-corrected chi connectivity index (χ1v) is 9.42. The van der Waals surface area contributed by atoms with Crippen molar-refractivity contribution in [3.05, 3.63) is 18.3 Å². The second-order valence-electron chi connectivity index (χ2n) is 6.06. The Balaban J connectivity index is 1.96. The van der Waals surface area contributed by atoms with Crippen LogP contribution >= 0.6 is 0 Å². The Kier molecular flexibility index (Phi) is 5.22. The summed E-state index contributed by atoms with van der Waals surface area (Å²) in [5.74, 6) is 0. The van der Waals surface area contributed by atoms with E-state index in [0.717, 1.165) is 31.6 Å². The van der Waals surface area contributed by atoms with Crippen LogP contribution < -0.4 is 5.32 Å². The summed E-state index contributed by atoms with van der Waals surface area (Å²) in [6.07, 6.45) is 6.21. The molecule has 0 aromatic carbocycles. The molecule has 0 bridgehead atoms. The van der Waals surface area contributed by atoms with Crippen LogP contribution in [0.15, 0.2) is 23.4 Å². The molecule has 6 heteroatoms. The third-order valence-corrected chi connectivity index (χ3v) is 4.98. The number of nitrogens with one attached hydrogen (secondary N) is 1. The van der Waals surface area contributed by atoms with E-state index in [1.54, 1.807) is 18.3 Å². The molecular weight excluding hydrogens is 286 g/mol. The molecule has 1 aliphatic heterocycles. The Bertz CT molecular complexity index is 555. The van der Waals surface area contributed by atoms with E-state index in [4.69, 9.17) is 0 Å². The first-order valence-electron chi connectivity index (χ1n) is 7.53. The van der Waals surface area contributed by atoms with E-state index in [1.165, 1.54) is 12.7 Å². The molecule has 1 atom stereocenters. The van der Waals surface area contributed by atoms with Crippen molar-refractivity contribution in [3.8, 4) is 0 Å². The summed E-state index contributed by atoms with van der Waals surface area (Å²) >= 11 is 0. The highest BCUT2D eigenvalue weighted by Gasteiger charge is 2.18. The van der Waals surface area contributed by atoms with Gasteiger partial charge in [0.1, 0.15) is 0 Å². The average Bonchev–Trinajstić information content (AvgIpc) is 2.64. The van der Waals surface area contributed by atoms with Gasteiger partial charge in [0, 0.05) is 24.9 Å². The highest BCUT2D eigenvalue weighted by molar-refractivity contribution is 7.90. The number of likely N-dealkylation sites (tertiary alicyclic amines) is 1. The SMILES string of the molecule is CC(C)N1CCCC(Nc2ccc(S(C)(=O)=O)nc2)CC1. The minimum atomic E-state index is -3.22.